The van der Waals surface area contributed by atoms with Crippen molar-refractivity contribution in [1.82, 2.24) is 0 Å². The zero-order valence-corrected chi connectivity index (χ0v) is 10.4. The van der Waals surface area contributed by atoms with E-state index < -0.39 is 11.8 Å². The number of halogens is 3. The van der Waals surface area contributed by atoms with Crippen LogP contribution in [0.25, 0.3) is 0 Å². The van der Waals surface area contributed by atoms with Crippen LogP contribution in [0.15, 0.2) is 23.6 Å². The fraction of sp³-hybridized carbons (Fsp3) is 0.444. The molecule has 0 spiro atoms. The Morgan fingerprint density at radius 2 is 2.14 bits per heavy atom. The SMILES string of the molecule is O=C(O)C1=C(F)CC(CBr)(CBr)C=C1. The molecule has 1 rings (SSSR count). The molecule has 0 unspecified atom stereocenters. The van der Waals surface area contributed by atoms with Crippen LogP contribution in [-0.2, 0) is 4.79 Å². The van der Waals surface area contributed by atoms with Crippen molar-refractivity contribution in [3.63, 3.8) is 0 Å². The summed E-state index contributed by atoms with van der Waals surface area (Å²) in [6, 6.07) is 0. The number of carboxylic acids is 1. The Labute approximate surface area is 98.1 Å². The van der Waals surface area contributed by atoms with Gasteiger partial charge in [0.15, 0.2) is 0 Å². The van der Waals surface area contributed by atoms with Gasteiger partial charge in [-0.1, -0.05) is 37.9 Å². The first-order valence-corrected chi connectivity index (χ1v) is 6.22. The molecule has 0 fully saturated rings. The molecule has 1 aliphatic carbocycles. The van der Waals surface area contributed by atoms with E-state index in [-0.39, 0.29) is 17.4 Å². The Balaban J connectivity index is 2.95. The fourth-order valence-electron chi connectivity index (χ4n) is 1.22. The van der Waals surface area contributed by atoms with Crippen LogP contribution in [0.3, 0.4) is 0 Å². The van der Waals surface area contributed by atoms with Gasteiger partial charge in [0.2, 0.25) is 0 Å². The normalized spacial score (nSPS) is 19.9. The zero-order valence-electron chi connectivity index (χ0n) is 7.27. The molecular weight excluding hydrogens is 319 g/mol. The fourth-order valence-corrected chi connectivity index (χ4v) is 2.92. The highest BCUT2D eigenvalue weighted by Gasteiger charge is 2.32. The molecule has 0 saturated heterocycles. The lowest BCUT2D eigenvalue weighted by Crippen LogP contribution is -2.25. The molecule has 0 amide bonds. The van der Waals surface area contributed by atoms with Crippen LogP contribution in [-0.4, -0.2) is 21.7 Å². The maximum Gasteiger partial charge on any atom is 0.338 e. The molecule has 1 N–H and O–H groups in total. The summed E-state index contributed by atoms with van der Waals surface area (Å²) >= 11 is 6.59. The second-order valence-corrected chi connectivity index (χ2v) is 4.38. The molecule has 0 aromatic carbocycles. The number of aliphatic carboxylic acids is 1. The summed E-state index contributed by atoms with van der Waals surface area (Å²) in [5.41, 5.74) is -0.578. The Hall–Kier alpha value is -0.160. The molecule has 0 heterocycles. The Kier molecular flexibility index (Phi) is 3.89. The van der Waals surface area contributed by atoms with Gasteiger partial charge in [0, 0.05) is 22.5 Å². The lowest BCUT2D eigenvalue weighted by Gasteiger charge is -2.28. The maximum absolute atomic E-state index is 13.4. The summed E-state index contributed by atoms with van der Waals surface area (Å²) in [6.45, 7) is 0. The van der Waals surface area contributed by atoms with E-state index >= 15 is 0 Å². The standard InChI is InChI=1S/C9H9Br2FO2/c10-4-9(5-11)2-1-6(8(13)14)7(12)3-9/h1-2H,3-5H2,(H,13,14). The van der Waals surface area contributed by atoms with Crippen molar-refractivity contribution < 1.29 is 14.3 Å². The van der Waals surface area contributed by atoms with Crippen molar-refractivity contribution in [3.8, 4) is 0 Å². The number of rotatable bonds is 3. The summed E-state index contributed by atoms with van der Waals surface area (Å²) in [7, 11) is 0. The van der Waals surface area contributed by atoms with Gasteiger partial charge in [0.05, 0.1) is 5.57 Å². The van der Waals surface area contributed by atoms with E-state index in [1.165, 1.54) is 6.08 Å². The van der Waals surface area contributed by atoms with Crippen molar-refractivity contribution in [3.05, 3.63) is 23.6 Å². The van der Waals surface area contributed by atoms with Gasteiger partial charge in [0.25, 0.3) is 0 Å². The second-order valence-electron chi connectivity index (χ2n) is 3.26. The van der Waals surface area contributed by atoms with Crippen LogP contribution in [0, 0.1) is 5.41 Å². The van der Waals surface area contributed by atoms with Crippen LogP contribution in [0.1, 0.15) is 6.42 Å². The lowest BCUT2D eigenvalue weighted by molar-refractivity contribution is -0.132. The predicted molar refractivity (Wildman–Crippen MR) is 59.5 cm³/mol. The van der Waals surface area contributed by atoms with Crippen LogP contribution < -0.4 is 0 Å². The van der Waals surface area contributed by atoms with E-state index in [1.54, 1.807) is 6.08 Å². The number of carboxylic acid groups (broad SMARTS) is 1. The van der Waals surface area contributed by atoms with Gasteiger partial charge >= 0.3 is 5.97 Å². The Bertz CT molecular complexity index is 306. The van der Waals surface area contributed by atoms with Gasteiger partial charge in [-0.05, 0) is 6.08 Å². The average Bonchev–Trinajstić information content (AvgIpc) is 2.17. The Morgan fingerprint density at radius 3 is 2.50 bits per heavy atom. The first kappa shape index (κ1) is 11.9. The molecule has 0 saturated carbocycles. The minimum atomic E-state index is -1.21. The summed E-state index contributed by atoms with van der Waals surface area (Å²) in [5.74, 6) is -1.77. The molecular formula is C9H9Br2FO2. The van der Waals surface area contributed by atoms with E-state index in [9.17, 15) is 9.18 Å². The molecule has 0 aliphatic heterocycles. The summed E-state index contributed by atoms with van der Waals surface area (Å²) in [5, 5.41) is 9.85. The topological polar surface area (TPSA) is 37.3 Å². The maximum atomic E-state index is 13.4. The molecule has 0 radical (unpaired) electrons. The highest BCUT2D eigenvalue weighted by atomic mass is 79.9. The van der Waals surface area contributed by atoms with Gasteiger partial charge in [-0.2, -0.15) is 0 Å². The monoisotopic (exact) mass is 326 g/mol. The van der Waals surface area contributed by atoms with Crippen LogP contribution in [0.5, 0.6) is 0 Å². The van der Waals surface area contributed by atoms with Crippen molar-refractivity contribution in [2.75, 3.05) is 10.7 Å². The molecule has 0 atom stereocenters. The van der Waals surface area contributed by atoms with Gasteiger partial charge in [0.1, 0.15) is 5.83 Å². The van der Waals surface area contributed by atoms with E-state index in [0.717, 1.165) is 0 Å². The van der Waals surface area contributed by atoms with Gasteiger partial charge < -0.3 is 5.11 Å². The molecule has 14 heavy (non-hydrogen) atoms. The van der Waals surface area contributed by atoms with E-state index in [0.29, 0.717) is 10.7 Å². The lowest BCUT2D eigenvalue weighted by atomic mass is 9.83. The third-order valence-electron chi connectivity index (χ3n) is 2.17. The molecule has 2 nitrogen and oxygen atoms in total. The minimum Gasteiger partial charge on any atom is -0.478 e. The number of allylic oxidation sites excluding steroid dienone is 2. The molecule has 0 bridgehead atoms. The highest BCUT2D eigenvalue weighted by Crippen LogP contribution is 2.38. The largest absolute Gasteiger partial charge is 0.478 e. The summed E-state index contributed by atoms with van der Waals surface area (Å²) < 4.78 is 13.4. The van der Waals surface area contributed by atoms with E-state index in [1.807, 2.05) is 0 Å². The zero-order chi connectivity index (χ0) is 10.8. The third-order valence-corrected chi connectivity index (χ3v) is 4.40. The first-order chi connectivity index (χ1) is 6.54. The quantitative estimate of drug-likeness (QED) is 0.809. The van der Waals surface area contributed by atoms with E-state index in [4.69, 9.17) is 5.11 Å². The first-order valence-electron chi connectivity index (χ1n) is 3.98. The van der Waals surface area contributed by atoms with Gasteiger partial charge in [-0.15, -0.1) is 0 Å². The van der Waals surface area contributed by atoms with Crippen LogP contribution in [0.2, 0.25) is 0 Å². The second kappa shape index (κ2) is 4.57. The predicted octanol–water partition coefficient (Wildman–Crippen LogP) is 3.03. The number of carbonyl (C=O) groups is 1. The van der Waals surface area contributed by atoms with Gasteiger partial charge in [-0.25, -0.2) is 9.18 Å². The van der Waals surface area contributed by atoms with Crippen molar-refractivity contribution in [2.45, 2.75) is 6.42 Å². The van der Waals surface area contributed by atoms with Crippen LogP contribution in [0.4, 0.5) is 4.39 Å². The molecule has 0 aromatic rings. The van der Waals surface area contributed by atoms with Crippen molar-refractivity contribution in [2.24, 2.45) is 5.41 Å². The number of hydrogen-bond acceptors (Lipinski definition) is 1. The summed E-state index contributed by atoms with van der Waals surface area (Å²) in [4.78, 5) is 10.6. The molecule has 78 valence electrons. The van der Waals surface area contributed by atoms with Crippen molar-refractivity contribution >= 4 is 37.8 Å². The number of hydrogen-bond donors (Lipinski definition) is 1. The number of alkyl halides is 2. The summed E-state index contributed by atoms with van der Waals surface area (Å²) in [6.07, 6.45) is 3.20. The van der Waals surface area contributed by atoms with Crippen molar-refractivity contribution in [1.29, 1.82) is 0 Å². The van der Waals surface area contributed by atoms with Gasteiger partial charge in [-0.3, -0.25) is 0 Å². The minimum absolute atomic E-state index is 0.127. The molecule has 5 heteroatoms. The highest BCUT2D eigenvalue weighted by molar-refractivity contribution is 9.09. The molecule has 1 aliphatic rings. The Morgan fingerprint density at radius 1 is 1.57 bits per heavy atom. The van der Waals surface area contributed by atoms with E-state index in [2.05, 4.69) is 31.9 Å². The average molecular weight is 328 g/mol. The van der Waals surface area contributed by atoms with Crippen LogP contribution >= 0.6 is 31.9 Å². The molecule has 0 aromatic heterocycles. The third kappa shape index (κ3) is 2.25. The smallest absolute Gasteiger partial charge is 0.338 e.